The minimum atomic E-state index is -4.81. The Balaban J connectivity index is 1.79. The molecule has 1 heterocycles. The Morgan fingerprint density at radius 3 is 2.17 bits per heavy atom. The number of hydrogen-bond acceptors (Lipinski definition) is 11. The quantitative estimate of drug-likeness (QED) is 0.0778. The number of rotatable bonds is 7. The third-order valence-corrected chi connectivity index (χ3v) is 12.6. The highest BCUT2D eigenvalue weighted by Gasteiger charge is 2.28. The number of hydrogen-bond donors (Lipinski definition) is 2. The molecule has 0 saturated heterocycles. The highest BCUT2D eigenvalue weighted by atomic mass is 35.5. The summed E-state index contributed by atoms with van der Waals surface area (Å²) in [6.07, 6.45) is -1.85. The SMILES string of the molecule is Cc1cc(N/C(=N/C(=O)OC(C)(C)C)NC(=O)OC(C)(C)C)ccc1-c1cccc(S(=O)(=NS(=O)(=O)c2cccc([N+](=O)[O-])c2)c2cc(C#N)sc2Cl)c1. The first-order valence-corrected chi connectivity index (χ1v) is 19.9. The van der Waals surface area contributed by atoms with E-state index in [-0.39, 0.29) is 25.0 Å². The summed E-state index contributed by atoms with van der Waals surface area (Å²) in [5.74, 6) is -0.275. The number of carbonyl (C=O) groups is 2. The van der Waals surface area contributed by atoms with E-state index in [2.05, 4.69) is 19.4 Å². The van der Waals surface area contributed by atoms with E-state index in [4.69, 9.17) is 21.1 Å². The standard InChI is InChI=1S/C35H35ClN6O9S3/c1-21-16-23(38-31(39-32(43)50-34(2,3)4)40-33(44)51-35(5,6)7)14-15-28(21)22-10-8-12-26(17-22)53(47,29-19-25(20-37)52-30(29)36)41-54(48,49)27-13-9-11-24(18-27)42(45)46/h8-19H,1-7H3,(H2,38,39,40,43,44). The highest BCUT2D eigenvalue weighted by Crippen LogP contribution is 2.39. The van der Waals surface area contributed by atoms with Crippen LogP contribution in [0.2, 0.25) is 4.34 Å². The van der Waals surface area contributed by atoms with Gasteiger partial charge in [-0.3, -0.25) is 15.4 Å². The fraction of sp³-hybridized carbons (Fsp3) is 0.257. The van der Waals surface area contributed by atoms with Crippen molar-refractivity contribution in [3.05, 3.63) is 97.7 Å². The van der Waals surface area contributed by atoms with Gasteiger partial charge in [-0.15, -0.1) is 16.3 Å². The number of sulfonamides is 1. The number of nitro benzene ring substituents is 1. The van der Waals surface area contributed by atoms with Gasteiger partial charge in [0.1, 0.15) is 36.2 Å². The van der Waals surface area contributed by atoms with Crippen molar-refractivity contribution in [1.29, 1.82) is 5.26 Å². The number of thiophene rings is 1. The molecule has 284 valence electrons. The molecular weight excluding hydrogens is 780 g/mol. The van der Waals surface area contributed by atoms with Crippen molar-refractivity contribution in [2.45, 2.75) is 74.4 Å². The third-order valence-electron chi connectivity index (χ3n) is 6.76. The normalized spacial score (nSPS) is 13.2. The van der Waals surface area contributed by atoms with Crippen molar-refractivity contribution in [2.75, 3.05) is 5.32 Å². The molecule has 0 aliphatic rings. The average molecular weight is 815 g/mol. The van der Waals surface area contributed by atoms with Crippen LogP contribution in [0.25, 0.3) is 11.1 Å². The number of nitrogens with zero attached hydrogens (tertiary/aromatic N) is 4. The number of non-ortho nitro benzene ring substituents is 1. The van der Waals surface area contributed by atoms with Gasteiger partial charge in [-0.1, -0.05) is 39.6 Å². The first-order chi connectivity index (χ1) is 25.0. The van der Waals surface area contributed by atoms with Crippen molar-refractivity contribution in [2.24, 2.45) is 8.76 Å². The average Bonchev–Trinajstić information content (AvgIpc) is 3.44. The molecule has 1 unspecified atom stereocenters. The number of nitro groups is 1. The molecule has 2 amide bonds. The number of alkyl carbamates (subject to hydrolysis) is 1. The molecular formula is C35H35ClN6O9S3. The molecule has 19 heteroatoms. The van der Waals surface area contributed by atoms with Gasteiger partial charge in [0.25, 0.3) is 15.7 Å². The van der Waals surface area contributed by atoms with Gasteiger partial charge in [0.15, 0.2) is 0 Å². The van der Waals surface area contributed by atoms with Crippen molar-refractivity contribution in [1.82, 2.24) is 5.32 Å². The van der Waals surface area contributed by atoms with Crippen LogP contribution >= 0.6 is 22.9 Å². The van der Waals surface area contributed by atoms with Gasteiger partial charge < -0.3 is 14.8 Å². The summed E-state index contributed by atoms with van der Waals surface area (Å²) in [4.78, 5) is 38.7. The van der Waals surface area contributed by atoms with Crippen molar-refractivity contribution >= 4 is 72.2 Å². The zero-order chi connectivity index (χ0) is 40.2. The van der Waals surface area contributed by atoms with Crippen molar-refractivity contribution in [3.63, 3.8) is 0 Å². The number of nitriles is 1. The second-order valence-electron chi connectivity index (χ2n) is 13.4. The Hall–Kier alpha value is -5.35. The molecule has 4 aromatic rings. The Morgan fingerprint density at radius 2 is 1.57 bits per heavy atom. The van der Waals surface area contributed by atoms with Gasteiger partial charge in [0.05, 0.1) is 19.6 Å². The molecule has 0 fully saturated rings. The van der Waals surface area contributed by atoms with Gasteiger partial charge >= 0.3 is 12.2 Å². The van der Waals surface area contributed by atoms with E-state index < -0.39 is 58.6 Å². The summed E-state index contributed by atoms with van der Waals surface area (Å²) >= 11 is 7.22. The summed E-state index contributed by atoms with van der Waals surface area (Å²) < 4.78 is 56.5. The summed E-state index contributed by atoms with van der Waals surface area (Å²) in [6.45, 7) is 11.7. The summed E-state index contributed by atoms with van der Waals surface area (Å²) in [5.41, 5.74) is -0.110. The number of nitrogens with one attached hydrogen (secondary N) is 2. The molecule has 0 saturated carbocycles. The second-order valence-corrected chi connectivity index (χ2v) is 19.1. The molecule has 0 bridgehead atoms. The number of halogens is 1. The summed E-state index contributed by atoms with van der Waals surface area (Å²) in [7, 11) is -8.96. The molecule has 4 rings (SSSR count). The Labute approximate surface area is 321 Å². The lowest BCUT2D eigenvalue weighted by Crippen LogP contribution is -2.40. The molecule has 2 N–H and O–H groups in total. The van der Waals surface area contributed by atoms with Crippen molar-refractivity contribution < 1.29 is 36.6 Å². The molecule has 1 atom stereocenters. The molecule has 3 aromatic carbocycles. The topological polar surface area (TPSA) is 220 Å². The first-order valence-electron chi connectivity index (χ1n) is 15.8. The Kier molecular flexibility index (Phi) is 12.2. The molecule has 15 nitrogen and oxygen atoms in total. The lowest BCUT2D eigenvalue weighted by atomic mass is 10.00. The molecule has 0 spiro atoms. The lowest BCUT2D eigenvalue weighted by Gasteiger charge is -2.21. The number of benzene rings is 3. The van der Waals surface area contributed by atoms with Crippen molar-refractivity contribution in [3.8, 4) is 17.2 Å². The van der Waals surface area contributed by atoms with Crippen LogP contribution in [0.15, 0.2) is 96.2 Å². The zero-order valence-corrected chi connectivity index (χ0v) is 33.2. The van der Waals surface area contributed by atoms with Crippen LogP contribution in [-0.4, -0.2) is 46.9 Å². The maximum Gasteiger partial charge on any atom is 0.437 e. The van der Waals surface area contributed by atoms with Gasteiger partial charge in [-0.05, 0) is 102 Å². The predicted octanol–water partition coefficient (Wildman–Crippen LogP) is 8.66. The Bertz CT molecular complexity index is 2450. The number of ether oxygens (including phenoxy) is 2. The van der Waals surface area contributed by atoms with Gasteiger partial charge in [0, 0.05) is 17.8 Å². The number of guanidine groups is 1. The predicted molar refractivity (Wildman–Crippen MR) is 205 cm³/mol. The van der Waals surface area contributed by atoms with Gasteiger partial charge in [-0.2, -0.15) is 13.7 Å². The number of carbonyl (C=O) groups excluding carboxylic acids is 2. The minimum absolute atomic E-state index is 0.0523. The van der Waals surface area contributed by atoms with Crippen LogP contribution in [-0.2, 0) is 29.2 Å². The van der Waals surface area contributed by atoms with Crippen LogP contribution < -0.4 is 10.6 Å². The highest BCUT2D eigenvalue weighted by molar-refractivity contribution is 8.03. The van der Waals surface area contributed by atoms with E-state index in [0.29, 0.717) is 22.4 Å². The van der Waals surface area contributed by atoms with Gasteiger partial charge in [0.2, 0.25) is 5.96 Å². The number of aryl methyl sites for hydroxylation is 1. The number of amides is 2. The van der Waals surface area contributed by atoms with Crippen LogP contribution in [0.5, 0.6) is 0 Å². The summed E-state index contributed by atoms with van der Waals surface area (Å²) in [5, 5.41) is 26.2. The van der Waals surface area contributed by atoms with Crippen LogP contribution in [0.3, 0.4) is 0 Å². The zero-order valence-electron chi connectivity index (χ0n) is 30.0. The van der Waals surface area contributed by atoms with E-state index in [1.165, 1.54) is 24.3 Å². The number of anilines is 1. The maximum atomic E-state index is 15.0. The first kappa shape index (κ1) is 41.4. The smallest absolute Gasteiger partial charge is 0.437 e. The number of aliphatic imine (C=N–C) groups is 1. The molecule has 0 radical (unpaired) electrons. The molecule has 0 aliphatic heterocycles. The van der Waals surface area contributed by atoms with E-state index in [1.807, 2.05) is 6.07 Å². The molecule has 0 aliphatic carbocycles. The fourth-order valence-corrected chi connectivity index (χ4v) is 10.3. The minimum Gasteiger partial charge on any atom is -0.444 e. The van der Waals surface area contributed by atoms with E-state index in [9.17, 15) is 37.6 Å². The van der Waals surface area contributed by atoms with E-state index in [0.717, 1.165) is 35.6 Å². The van der Waals surface area contributed by atoms with Gasteiger partial charge in [-0.25, -0.2) is 13.8 Å². The van der Waals surface area contributed by atoms with E-state index in [1.54, 1.807) is 72.7 Å². The monoisotopic (exact) mass is 814 g/mol. The van der Waals surface area contributed by atoms with Crippen LogP contribution in [0, 0.1) is 28.4 Å². The fourth-order valence-electron chi connectivity index (χ4n) is 4.65. The third kappa shape index (κ3) is 10.6. The lowest BCUT2D eigenvalue weighted by molar-refractivity contribution is -0.385. The molecule has 1 aromatic heterocycles. The molecule has 54 heavy (non-hydrogen) atoms. The second kappa shape index (κ2) is 15.9. The Morgan fingerprint density at radius 1 is 0.926 bits per heavy atom. The maximum absolute atomic E-state index is 15.0. The largest absolute Gasteiger partial charge is 0.444 e. The van der Waals surface area contributed by atoms with E-state index >= 15 is 0 Å². The van der Waals surface area contributed by atoms with Crippen LogP contribution in [0.1, 0.15) is 52.0 Å². The van der Waals surface area contributed by atoms with Crippen LogP contribution in [0.4, 0.5) is 21.0 Å². The summed E-state index contributed by atoms with van der Waals surface area (Å²) in [6, 6.07) is 18.3.